The molecule has 0 saturated heterocycles. The van der Waals surface area contributed by atoms with E-state index in [1.807, 2.05) is 20.8 Å². The molecule has 2 nitrogen and oxygen atoms in total. The van der Waals surface area contributed by atoms with Gasteiger partial charge in [-0.2, -0.15) is 0 Å². The molecule has 0 fully saturated rings. The molecule has 0 rings (SSSR count). The quantitative estimate of drug-likeness (QED) is 0.517. The third-order valence-corrected chi connectivity index (χ3v) is 1.11. The Kier molecular flexibility index (Phi) is 2.69. The average Bonchev–Trinajstić information content (AvgIpc) is 1.64. The van der Waals surface area contributed by atoms with Crippen LogP contribution in [0.4, 0.5) is 0 Å². The van der Waals surface area contributed by atoms with E-state index >= 15 is 0 Å². The smallest absolute Gasteiger partial charge is 0.0397 e. The summed E-state index contributed by atoms with van der Waals surface area (Å²) in [6.07, 6.45) is 0. The summed E-state index contributed by atoms with van der Waals surface area (Å²) >= 11 is 0. The fourth-order valence-corrected chi connectivity index (χ4v) is 0.526. The molecule has 0 saturated carbocycles. The SMILES string of the molecule is CC(C)C(=N)C(C)N. The number of nitrogens with two attached hydrogens (primary N) is 1. The van der Waals surface area contributed by atoms with Crippen LogP contribution in [0.15, 0.2) is 0 Å². The highest BCUT2D eigenvalue weighted by molar-refractivity contribution is 5.87. The van der Waals surface area contributed by atoms with Gasteiger partial charge in [-0.3, -0.25) is 0 Å². The highest BCUT2D eigenvalue weighted by Gasteiger charge is 2.05. The van der Waals surface area contributed by atoms with Gasteiger partial charge in [0.25, 0.3) is 0 Å². The molecular formula is C6H14N2. The zero-order valence-electron chi connectivity index (χ0n) is 5.73. The van der Waals surface area contributed by atoms with Crippen LogP contribution in [0.5, 0.6) is 0 Å². The third-order valence-electron chi connectivity index (χ3n) is 1.11. The maximum Gasteiger partial charge on any atom is 0.0397 e. The Morgan fingerprint density at radius 2 is 1.75 bits per heavy atom. The summed E-state index contributed by atoms with van der Waals surface area (Å²) in [5.74, 6) is 0.301. The van der Waals surface area contributed by atoms with E-state index in [0.29, 0.717) is 11.6 Å². The number of hydrogen-bond donors (Lipinski definition) is 2. The van der Waals surface area contributed by atoms with Crippen molar-refractivity contribution >= 4 is 5.71 Å². The van der Waals surface area contributed by atoms with Gasteiger partial charge in [0, 0.05) is 11.8 Å². The van der Waals surface area contributed by atoms with Gasteiger partial charge in [-0.15, -0.1) is 0 Å². The normalized spacial score (nSPS) is 14.1. The molecule has 1 unspecified atom stereocenters. The molecule has 0 aromatic heterocycles. The standard InChI is InChI=1S/C6H14N2/c1-4(2)6(8)5(3)7/h4-5,8H,7H2,1-3H3. The zero-order valence-corrected chi connectivity index (χ0v) is 5.73. The first-order valence-electron chi connectivity index (χ1n) is 2.89. The van der Waals surface area contributed by atoms with Gasteiger partial charge in [-0.25, -0.2) is 0 Å². The molecule has 0 radical (unpaired) electrons. The first kappa shape index (κ1) is 7.63. The Labute approximate surface area is 50.6 Å². The van der Waals surface area contributed by atoms with Gasteiger partial charge < -0.3 is 11.1 Å². The topological polar surface area (TPSA) is 49.9 Å². The summed E-state index contributed by atoms with van der Waals surface area (Å²) in [6, 6.07) is -0.0741. The first-order valence-corrected chi connectivity index (χ1v) is 2.89. The lowest BCUT2D eigenvalue weighted by molar-refractivity contribution is 0.800. The molecule has 0 heterocycles. The van der Waals surface area contributed by atoms with E-state index in [-0.39, 0.29) is 6.04 Å². The van der Waals surface area contributed by atoms with E-state index in [2.05, 4.69) is 0 Å². The average molecular weight is 114 g/mol. The molecular weight excluding hydrogens is 100 g/mol. The van der Waals surface area contributed by atoms with Crippen LogP contribution in [0.25, 0.3) is 0 Å². The van der Waals surface area contributed by atoms with E-state index < -0.39 is 0 Å². The number of rotatable bonds is 2. The van der Waals surface area contributed by atoms with Crippen molar-refractivity contribution in [3.8, 4) is 0 Å². The van der Waals surface area contributed by atoms with Crippen LogP contribution in [0.2, 0.25) is 0 Å². The number of hydrogen-bond acceptors (Lipinski definition) is 2. The second-order valence-corrected chi connectivity index (χ2v) is 2.40. The van der Waals surface area contributed by atoms with Crippen LogP contribution in [0.3, 0.4) is 0 Å². The largest absolute Gasteiger partial charge is 0.323 e. The van der Waals surface area contributed by atoms with Gasteiger partial charge in [-0.05, 0) is 12.8 Å². The minimum Gasteiger partial charge on any atom is -0.323 e. The molecule has 2 heteroatoms. The molecule has 48 valence electrons. The zero-order chi connectivity index (χ0) is 6.73. The minimum absolute atomic E-state index is 0.0741. The van der Waals surface area contributed by atoms with Crippen molar-refractivity contribution in [2.45, 2.75) is 26.8 Å². The second kappa shape index (κ2) is 2.82. The fourth-order valence-electron chi connectivity index (χ4n) is 0.526. The summed E-state index contributed by atoms with van der Waals surface area (Å²) in [7, 11) is 0. The molecule has 0 bridgehead atoms. The van der Waals surface area contributed by atoms with Gasteiger partial charge in [0.15, 0.2) is 0 Å². The van der Waals surface area contributed by atoms with Crippen LogP contribution >= 0.6 is 0 Å². The molecule has 0 aliphatic carbocycles. The second-order valence-electron chi connectivity index (χ2n) is 2.40. The predicted molar refractivity (Wildman–Crippen MR) is 36.2 cm³/mol. The van der Waals surface area contributed by atoms with Crippen molar-refractivity contribution in [3.63, 3.8) is 0 Å². The first-order chi connectivity index (χ1) is 3.55. The van der Waals surface area contributed by atoms with E-state index in [1.165, 1.54) is 0 Å². The monoisotopic (exact) mass is 114 g/mol. The van der Waals surface area contributed by atoms with Crippen molar-refractivity contribution in [1.82, 2.24) is 0 Å². The molecule has 0 aromatic carbocycles. The maximum atomic E-state index is 7.27. The van der Waals surface area contributed by atoms with Gasteiger partial charge in [0.05, 0.1) is 0 Å². The van der Waals surface area contributed by atoms with Crippen molar-refractivity contribution in [2.75, 3.05) is 0 Å². The molecule has 0 amide bonds. The van der Waals surface area contributed by atoms with Crippen molar-refractivity contribution in [1.29, 1.82) is 5.41 Å². The highest BCUT2D eigenvalue weighted by Crippen LogP contribution is 1.96. The van der Waals surface area contributed by atoms with Crippen LogP contribution in [0, 0.1) is 11.3 Å². The molecule has 0 spiro atoms. The predicted octanol–water partition coefficient (Wildman–Crippen LogP) is 1.01. The van der Waals surface area contributed by atoms with E-state index in [0.717, 1.165) is 0 Å². The summed E-state index contributed by atoms with van der Waals surface area (Å²) in [6.45, 7) is 5.79. The summed E-state index contributed by atoms with van der Waals surface area (Å²) in [4.78, 5) is 0. The maximum absolute atomic E-state index is 7.27. The summed E-state index contributed by atoms with van der Waals surface area (Å²) in [5, 5.41) is 7.27. The fraction of sp³-hybridized carbons (Fsp3) is 0.833. The van der Waals surface area contributed by atoms with Crippen molar-refractivity contribution in [2.24, 2.45) is 11.7 Å². The lowest BCUT2D eigenvalue weighted by atomic mass is 10.0. The van der Waals surface area contributed by atoms with Crippen molar-refractivity contribution in [3.05, 3.63) is 0 Å². The lowest BCUT2D eigenvalue weighted by Crippen LogP contribution is -2.29. The van der Waals surface area contributed by atoms with E-state index in [9.17, 15) is 0 Å². The van der Waals surface area contributed by atoms with Crippen LogP contribution in [-0.2, 0) is 0 Å². The molecule has 8 heavy (non-hydrogen) atoms. The molecule has 0 aliphatic heterocycles. The van der Waals surface area contributed by atoms with Gasteiger partial charge in [0.2, 0.25) is 0 Å². The van der Waals surface area contributed by atoms with E-state index in [4.69, 9.17) is 11.1 Å². The van der Waals surface area contributed by atoms with E-state index in [1.54, 1.807) is 0 Å². The Morgan fingerprint density at radius 3 is 1.75 bits per heavy atom. The summed E-state index contributed by atoms with van der Waals surface area (Å²) < 4.78 is 0. The molecule has 0 aliphatic rings. The van der Waals surface area contributed by atoms with Crippen molar-refractivity contribution < 1.29 is 0 Å². The molecule has 3 N–H and O–H groups in total. The highest BCUT2D eigenvalue weighted by atomic mass is 14.7. The molecule has 0 aromatic rings. The van der Waals surface area contributed by atoms with Crippen LogP contribution < -0.4 is 5.73 Å². The molecule has 1 atom stereocenters. The Bertz CT molecular complexity index is 74.5. The van der Waals surface area contributed by atoms with Gasteiger partial charge in [-0.1, -0.05) is 13.8 Å². The number of nitrogens with one attached hydrogen (secondary N) is 1. The Balaban J connectivity index is 3.65. The van der Waals surface area contributed by atoms with Crippen LogP contribution in [0.1, 0.15) is 20.8 Å². The minimum atomic E-state index is -0.0741. The summed E-state index contributed by atoms with van der Waals surface area (Å²) in [5.41, 5.74) is 6.04. The third kappa shape index (κ3) is 2.07. The van der Waals surface area contributed by atoms with Gasteiger partial charge in [0.1, 0.15) is 0 Å². The Hall–Kier alpha value is -0.370. The Morgan fingerprint density at radius 1 is 1.38 bits per heavy atom. The lowest BCUT2D eigenvalue weighted by Gasteiger charge is -2.09. The van der Waals surface area contributed by atoms with Gasteiger partial charge >= 0.3 is 0 Å². The van der Waals surface area contributed by atoms with Crippen LogP contribution in [-0.4, -0.2) is 11.8 Å².